The number of hydrogen-bond acceptors (Lipinski definition) is 4. The molecule has 7 heteroatoms. The summed E-state index contributed by atoms with van der Waals surface area (Å²) < 4.78 is 0. The Labute approximate surface area is 112 Å². The summed E-state index contributed by atoms with van der Waals surface area (Å²) in [6.45, 7) is -0.0969. The SMILES string of the molecule is CSCCCCCCNC(=O)N[C@H](CO)C(=O)O. The van der Waals surface area contributed by atoms with Crippen LogP contribution < -0.4 is 10.6 Å². The van der Waals surface area contributed by atoms with E-state index in [2.05, 4.69) is 16.9 Å². The molecular weight excluding hydrogens is 256 g/mol. The Balaban J connectivity index is 3.50. The number of aliphatic carboxylic acids is 1. The van der Waals surface area contributed by atoms with Gasteiger partial charge in [-0.1, -0.05) is 12.8 Å². The predicted octanol–water partition coefficient (Wildman–Crippen LogP) is 0.654. The van der Waals surface area contributed by atoms with Crippen LogP contribution in [0.2, 0.25) is 0 Å². The lowest BCUT2D eigenvalue weighted by Crippen LogP contribution is -2.48. The van der Waals surface area contributed by atoms with E-state index in [1.807, 2.05) is 11.8 Å². The Morgan fingerprint density at radius 1 is 1.22 bits per heavy atom. The first kappa shape index (κ1) is 17.1. The second-order valence-corrected chi connectivity index (χ2v) is 4.87. The van der Waals surface area contributed by atoms with Gasteiger partial charge >= 0.3 is 12.0 Å². The molecule has 0 fully saturated rings. The predicted molar refractivity (Wildman–Crippen MR) is 71.9 cm³/mol. The highest BCUT2D eigenvalue weighted by molar-refractivity contribution is 7.98. The summed E-state index contributed by atoms with van der Waals surface area (Å²) >= 11 is 1.82. The standard InChI is InChI=1S/C11H22N2O4S/c1-18-7-5-3-2-4-6-12-11(17)13-9(8-14)10(15)16/h9,14H,2-8H2,1H3,(H,15,16)(H2,12,13,17)/t9-/m1/s1. The normalized spacial score (nSPS) is 11.9. The molecule has 0 spiro atoms. The monoisotopic (exact) mass is 278 g/mol. The van der Waals surface area contributed by atoms with Crippen molar-refractivity contribution in [3.63, 3.8) is 0 Å². The van der Waals surface area contributed by atoms with E-state index >= 15 is 0 Å². The van der Waals surface area contributed by atoms with Crippen molar-refractivity contribution < 1.29 is 19.8 Å². The fraction of sp³-hybridized carbons (Fsp3) is 0.818. The number of carboxylic acid groups (broad SMARTS) is 1. The van der Waals surface area contributed by atoms with Crippen LogP contribution in [-0.4, -0.2) is 53.4 Å². The molecule has 0 aromatic carbocycles. The Kier molecular flexibility index (Phi) is 10.6. The average Bonchev–Trinajstić information content (AvgIpc) is 2.34. The van der Waals surface area contributed by atoms with Crippen molar-refractivity contribution in [1.82, 2.24) is 10.6 Å². The highest BCUT2D eigenvalue weighted by atomic mass is 32.2. The number of carbonyl (C=O) groups is 2. The van der Waals surface area contributed by atoms with Crippen LogP contribution in [0.3, 0.4) is 0 Å². The van der Waals surface area contributed by atoms with Crippen molar-refractivity contribution >= 4 is 23.8 Å². The Hall–Kier alpha value is -0.950. The van der Waals surface area contributed by atoms with E-state index in [9.17, 15) is 9.59 Å². The van der Waals surface area contributed by atoms with Crippen molar-refractivity contribution in [3.8, 4) is 0 Å². The summed E-state index contributed by atoms with van der Waals surface area (Å²) in [6, 6.07) is -1.80. The molecule has 0 aromatic rings. The molecule has 0 bridgehead atoms. The van der Waals surface area contributed by atoms with Gasteiger partial charge in [-0.3, -0.25) is 0 Å². The molecule has 18 heavy (non-hydrogen) atoms. The van der Waals surface area contributed by atoms with E-state index in [0.29, 0.717) is 6.54 Å². The Morgan fingerprint density at radius 3 is 2.44 bits per heavy atom. The first-order valence-electron chi connectivity index (χ1n) is 5.98. The van der Waals surface area contributed by atoms with Crippen molar-refractivity contribution in [2.45, 2.75) is 31.7 Å². The maximum Gasteiger partial charge on any atom is 0.328 e. The third-order valence-electron chi connectivity index (χ3n) is 2.35. The number of hydrogen-bond donors (Lipinski definition) is 4. The average molecular weight is 278 g/mol. The molecule has 0 aliphatic heterocycles. The van der Waals surface area contributed by atoms with Gasteiger partial charge in [0.1, 0.15) is 0 Å². The van der Waals surface area contributed by atoms with Gasteiger partial charge in [0.25, 0.3) is 0 Å². The van der Waals surface area contributed by atoms with Gasteiger partial charge in [0.15, 0.2) is 6.04 Å². The lowest BCUT2D eigenvalue weighted by molar-refractivity contribution is -0.140. The number of amides is 2. The molecule has 0 aromatic heterocycles. The second-order valence-electron chi connectivity index (χ2n) is 3.88. The number of aliphatic hydroxyl groups is 1. The van der Waals surface area contributed by atoms with Gasteiger partial charge in [-0.05, 0) is 24.9 Å². The van der Waals surface area contributed by atoms with Crippen LogP contribution >= 0.6 is 11.8 Å². The summed E-state index contributed by atoms with van der Waals surface area (Å²) in [7, 11) is 0. The van der Waals surface area contributed by atoms with Crippen LogP contribution in [0.5, 0.6) is 0 Å². The van der Waals surface area contributed by atoms with Gasteiger partial charge in [0.05, 0.1) is 6.61 Å². The minimum absolute atomic E-state index is 0.517. The van der Waals surface area contributed by atoms with E-state index in [-0.39, 0.29) is 0 Å². The molecular formula is C11H22N2O4S. The van der Waals surface area contributed by atoms with Crippen molar-refractivity contribution in [2.24, 2.45) is 0 Å². The molecule has 6 nitrogen and oxygen atoms in total. The number of carboxylic acids is 1. The van der Waals surface area contributed by atoms with Crippen LogP contribution in [0.25, 0.3) is 0 Å². The van der Waals surface area contributed by atoms with Crippen LogP contribution in [0, 0.1) is 0 Å². The van der Waals surface area contributed by atoms with Gasteiger partial charge in [0, 0.05) is 6.54 Å². The van der Waals surface area contributed by atoms with E-state index in [1.54, 1.807) is 0 Å². The van der Waals surface area contributed by atoms with Crippen LogP contribution in [0.15, 0.2) is 0 Å². The second kappa shape index (κ2) is 11.2. The molecule has 0 aliphatic carbocycles. The molecule has 0 radical (unpaired) electrons. The first-order chi connectivity index (χ1) is 8.61. The largest absolute Gasteiger partial charge is 0.480 e. The highest BCUT2D eigenvalue weighted by Crippen LogP contribution is 2.03. The molecule has 1 atom stereocenters. The Morgan fingerprint density at radius 2 is 1.89 bits per heavy atom. The zero-order valence-corrected chi connectivity index (χ0v) is 11.5. The molecule has 0 rings (SSSR count). The van der Waals surface area contributed by atoms with E-state index < -0.39 is 24.6 Å². The van der Waals surface area contributed by atoms with Crippen molar-refractivity contribution in [3.05, 3.63) is 0 Å². The zero-order chi connectivity index (χ0) is 13.8. The molecule has 106 valence electrons. The first-order valence-corrected chi connectivity index (χ1v) is 7.38. The quantitative estimate of drug-likeness (QED) is 0.440. The number of rotatable bonds is 10. The topological polar surface area (TPSA) is 98.7 Å². The van der Waals surface area contributed by atoms with E-state index in [1.165, 1.54) is 6.42 Å². The third kappa shape index (κ3) is 9.12. The minimum Gasteiger partial charge on any atom is -0.480 e. The van der Waals surface area contributed by atoms with Crippen molar-refractivity contribution in [1.29, 1.82) is 0 Å². The maximum absolute atomic E-state index is 11.3. The third-order valence-corrected chi connectivity index (χ3v) is 3.04. The van der Waals surface area contributed by atoms with E-state index in [4.69, 9.17) is 10.2 Å². The van der Waals surface area contributed by atoms with E-state index in [0.717, 1.165) is 25.0 Å². The van der Waals surface area contributed by atoms with Gasteiger partial charge in [0.2, 0.25) is 0 Å². The summed E-state index contributed by atoms with van der Waals surface area (Å²) in [5, 5.41) is 22.1. The summed E-state index contributed by atoms with van der Waals surface area (Å²) in [4.78, 5) is 21.8. The number of carbonyl (C=O) groups excluding carboxylic acids is 1. The van der Waals surface area contributed by atoms with Crippen LogP contribution in [0.1, 0.15) is 25.7 Å². The smallest absolute Gasteiger partial charge is 0.328 e. The summed E-state index contributed by atoms with van der Waals surface area (Å²) in [5.74, 6) is -0.0882. The van der Waals surface area contributed by atoms with Gasteiger partial charge < -0.3 is 20.8 Å². The Bertz CT molecular complexity index is 251. The molecule has 2 amide bonds. The lowest BCUT2D eigenvalue weighted by Gasteiger charge is -2.12. The lowest BCUT2D eigenvalue weighted by atomic mass is 10.2. The fourth-order valence-corrected chi connectivity index (χ4v) is 1.81. The molecule has 0 heterocycles. The van der Waals surface area contributed by atoms with Crippen molar-refractivity contribution in [2.75, 3.05) is 25.2 Å². The zero-order valence-electron chi connectivity index (χ0n) is 10.6. The van der Waals surface area contributed by atoms with Gasteiger partial charge in [-0.25, -0.2) is 9.59 Å². The fourth-order valence-electron chi connectivity index (χ4n) is 1.32. The van der Waals surface area contributed by atoms with Gasteiger partial charge in [-0.15, -0.1) is 0 Å². The molecule has 0 aliphatic rings. The maximum atomic E-state index is 11.3. The molecule has 4 N–H and O–H groups in total. The molecule has 0 saturated heterocycles. The van der Waals surface area contributed by atoms with Gasteiger partial charge in [-0.2, -0.15) is 11.8 Å². The highest BCUT2D eigenvalue weighted by Gasteiger charge is 2.17. The number of aliphatic hydroxyl groups excluding tert-OH is 1. The molecule has 0 unspecified atom stereocenters. The number of nitrogens with one attached hydrogen (secondary N) is 2. The van der Waals surface area contributed by atoms with Crippen LogP contribution in [-0.2, 0) is 4.79 Å². The summed E-state index contributed by atoms with van der Waals surface area (Å²) in [6.07, 6.45) is 6.31. The number of urea groups is 1. The van der Waals surface area contributed by atoms with Crippen LogP contribution in [0.4, 0.5) is 4.79 Å². The summed E-state index contributed by atoms with van der Waals surface area (Å²) in [5.41, 5.74) is 0. The molecule has 0 saturated carbocycles. The number of thioether (sulfide) groups is 1. The number of unbranched alkanes of at least 4 members (excludes halogenated alkanes) is 3. The minimum atomic E-state index is -1.25.